The number of allylic oxidation sites excluding steroid dienone is 1. The van der Waals surface area contributed by atoms with Gasteiger partial charge in [-0.15, -0.1) is 0 Å². The van der Waals surface area contributed by atoms with Crippen LogP contribution in [-0.4, -0.2) is 98.7 Å². The quantitative estimate of drug-likeness (QED) is 0.220. The third-order valence-electron chi connectivity index (χ3n) is 8.29. The molecule has 230 valence electrons. The lowest BCUT2D eigenvalue weighted by atomic mass is 9.93. The number of epoxide rings is 1. The van der Waals surface area contributed by atoms with E-state index in [2.05, 4.69) is 22.9 Å². The van der Waals surface area contributed by atoms with Crippen LogP contribution in [0.2, 0.25) is 0 Å². The summed E-state index contributed by atoms with van der Waals surface area (Å²) in [5.41, 5.74) is 2.34. The van der Waals surface area contributed by atoms with E-state index < -0.39 is 35.5 Å². The second-order valence-electron chi connectivity index (χ2n) is 11.7. The van der Waals surface area contributed by atoms with Crippen LogP contribution in [0, 0.1) is 0 Å². The highest BCUT2D eigenvalue weighted by atomic mass is 16.6. The molecule has 0 bridgehead atoms. The topological polar surface area (TPSA) is 139 Å². The second kappa shape index (κ2) is 14.3. The molecule has 3 N–H and O–H groups in total. The molecule has 1 aromatic rings. The Morgan fingerprint density at radius 3 is 2.24 bits per heavy atom. The molecule has 0 aromatic heterocycles. The van der Waals surface area contributed by atoms with Crippen molar-refractivity contribution in [3.63, 3.8) is 0 Å². The van der Waals surface area contributed by atoms with E-state index >= 15 is 0 Å². The van der Waals surface area contributed by atoms with E-state index in [1.807, 2.05) is 17.0 Å². The van der Waals surface area contributed by atoms with Gasteiger partial charge in [0.15, 0.2) is 5.78 Å². The van der Waals surface area contributed by atoms with Crippen molar-refractivity contribution >= 4 is 23.5 Å². The van der Waals surface area contributed by atoms with Crippen LogP contribution in [0.1, 0.15) is 52.0 Å². The summed E-state index contributed by atoms with van der Waals surface area (Å²) < 4.78 is 16.0. The number of nitrogens with one attached hydrogen (secondary N) is 3. The lowest BCUT2D eigenvalue weighted by Gasteiger charge is -2.27. The van der Waals surface area contributed by atoms with E-state index in [1.54, 1.807) is 33.1 Å². The van der Waals surface area contributed by atoms with Gasteiger partial charge in [0.05, 0.1) is 39.5 Å². The van der Waals surface area contributed by atoms with Crippen molar-refractivity contribution < 1.29 is 33.4 Å². The number of carbonyl (C=O) groups excluding carboxylic acids is 4. The van der Waals surface area contributed by atoms with Crippen molar-refractivity contribution in [2.24, 2.45) is 0 Å². The van der Waals surface area contributed by atoms with E-state index in [-0.39, 0.29) is 24.7 Å². The zero-order valence-corrected chi connectivity index (χ0v) is 25.1. The van der Waals surface area contributed by atoms with Crippen LogP contribution in [0.5, 0.6) is 5.75 Å². The number of methoxy groups -OCH3 is 1. The summed E-state index contributed by atoms with van der Waals surface area (Å²) in [5, 5.41) is 8.50. The Labute approximate surface area is 247 Å². The Hall–Kier alpha value is -3.28. The summed E-state index contributed by atoms with van der Waals surface area (Å²) >= 11 is 0. The maximum absolute atomic E-state index is 13.8. The minimum Gasteiger partial charge on any atom is -0.497 e. The summed E-state index contributed by atoms with van der Waals surface area (Å²) in [7, 11) is 1.57. The van der Waals surface area contributed by atoms with Crippen molar-refractivity contribution in [2.45, 2.75) is 76.6 Å². The lowest BCUT2D eigenvalue weighted by molar-refractivity contribution is -0.134. The second-order valence-corrected chi connectivity index (χ2v) is 11.7. The maximum atomic E-state index is 13.8. The minimum absolute atomic E-state index is 0.163. The highest BCUT2D eigenvalue weighted by Gasteiger charge is 2.50. The normalized spacial score (nSPS) is 22.6. The maximum Gasteiger partial charge on any atom is 0.243 e. The van der Waals surface area contributed by atoms with E-state index in [4.69, 9.17) is 14.2 Å². The Balaban J connectivity index is 1.46. The van der Waals surface area contributed by atoms with Gasteiger partial charge in [-0.25, -0.2) is 0 Å². The molecule has 0 radical (unpaired) electrons. The first-order valence-electron chi connectivity index (χ1n) is 14.8. The number of carbonyl (C=O) groups is 4. The van der Waals surface area contributed by atoms with Crippen molar-refractivity contribution in [1.29, 1.82) is 0 Å². The Bertz CT molecular complexity index is 1170. The predicted molar refractivity (Wildman–Crippen MR) is 156 cm³/mol. The number of ether oxygens (including phenoxy) is 3. The van der Waals surface area contributed by atoms with Gasteiger partial charge < -0.3 is 30.2 Å². The standard InChI is InChI=1S/C31H44N4O7/c1-20-6-5-7-23(20)17-25(28(37)31(3)19-42-31)33-30(39)26(16-22-8-10-24(40-4)11-9-22)34-29(38)21(2)32-27(36)18-35-12-14-41-15-13-35/h8-11,21,25-26H,5-7,12-19H2,1-4H3,(H,32,36)(H,33,39)(H,34,38)/t21-,25-,26-,31-/m0/s1. The first-order chi connectivity index (χ1) is 20.1. The predicted octanol–water partition coefficient (Wildman–Crippen LogP) is 1.29. The van der Waals surface area contributed by atoms with E-state index in [9.17, 15) is 19.2 Å². The number of morpholine rings is 1. The van der Waals surface area contributed by atoms with Crippen molar-refractivity contribution in [1.82, 2.24) is 20.9 Å². The Morgan fingerprint density at radius 1 is 0.976 bits per heavy atom. The molecule has 2 aliphatic heterocycles. The van der Waals surface area contributed by atoms with Gasteiger partial charge in [0.2, 0.25) is 17.7 Å². The number of ketones is 1. The molecule has 3 aliphatic rings. The summed E-state index contributed by atoms with van der Waals surface area (Å²) in [6.45, 7) is 8.32. The van der Waals surface area contributed by atoms with Crippen molar-refractivity contribution in [3.05, 3.63) is 41.0 Å². The van der Waals surface area contributed by atoms with Crippen LogP contribution in [0.25, 0.3) is 0 Å². The van der Waals surface area contributed by atoms with Gasteiger partial charge >= 0.3 is 0 Å². The van der Waals surface area contributed by atoms with E-state index in [1.165, 1.54) is 11.1 Å². The molecule has 42 heavy (non-hydrogen) atoms. The summed E-state index contributed by atoms with van der Waals surface area (Å²) in [6.07, 6.45) is 3.54. The molecule has 2 heterocycles. The van der Waals surface area contributed by atoms with Gasteiger partial charge in [0.25, 0.3) is 0 Å². The van der Waals surface area contributed by atoms with Gasteiger partial charge in [-0.2, -0.15) is 0 Å². The van der Waals surface area contributed by atoms with Crippen LogP contribution < -0.4 is 20.7 Å². The van der Waals surface area contributed by atoms with Crippen molar-refractivity contribution in [2.75, 3.05) is 46.6 Å². The van der Waals surface area contributed by atoms with Gasteiger partial charge in [-0.1, -0.05) is 23.3 Å². The Kier molecular flexibility index (Phi) is 10.7. The zero-order valence-electron chi connectivity index (χ0n) is 25.1. The highest BCUT2D eigenvalue weighted by Crippen LogP contribution is 2.33. The molecule has 0 spiro atoms. The van der Waals surface area contributed by atoms with E-state index in [0.29, 0.717) is 45.1 Å². The van der Waals surface area contributed by atoms with Crippen LogP contribution in [-0.2, 0) is 35.1 Å². The average Bonchev–Trinajstić information content (AvgIpc) is 3.61. The fraction of sp³-hybridized carbons (Fsp3) is 0.613. The smallest absolute Gasteiger partial charge is 0.243 e. The van der Waals surface area contributed by atoms with Crippen LogP contribution in [0.15, 0.2) is 35.4 Å². The van der Waals surface area contributed by atoms with Gasteiger partial charge in [0.1, 0.15) is 23.4 Å². The summed E-state index contributed by atoms with van der Waals surface area (Å²) in [5.74, 6) is -0.733. The number of rotatable bonds is 14. The Morgan fingerprint density at radius 2 is 1.64 bits per heavy atom. The third-order valence-corrected chi connectivity index (χ3v) is 8.29. The molecule has 4 rings (SSSR count). The zero-order chi connectivity index (χ0) is 30.3. The summed E-state index contributed by atoms with van der Waals surface area (Å²) in [4.78, 5) is 55.0. The van der Waals surface area contributed by atoms with Gasteiger partial charge in [-0.3, -0.25) is 24.1 Å². The third kappa shape index (κ3) is 8.62. The number of amides is 3. The van der Waals surface area contributed by atoms with Crippen molar-refractivity contribution in [3.8, 4) is 5.75 Å². The lowest BCUT2D eigenvalue weighted by Crippen LogP contribution is -2.57. The molecule has 11 nitrogen and oxygen atoms in total. The molecule has 2 fully saturated rings. The first kappa shape index (κ1) is 31.7. The minimum atomic E-state index is -0.980. The molecule has 0 unspecified atom stereocenters. The number of hydrogen-bond donors (Lipinski definition) is 3. The average molecular weight is 585 g/mol. The fourth-order valence-electron chi connectivity index (χ4n) is 5.40. The van der Waals surface area contributed by atoms with Crippen LogP contribution in [0.3, 0.4) is 0 Å². The van der Waals surface area contributed by atoms with Gasteiger partial charge in [-0.05, 0) is 64.2 Å². The largest absolute Gasteiger partial charge is 0.497 e. The molecular formula is C31H44N4O7. The van der Waals surface area contributed by atoms with Crippen LogP contribution >= 0.6 is 0 Å². The molecule has 1 aromatic carbocycles. The molecule has 2 saturated heterocycles. The molecule has 1 aliphatic carbocycles. The fourth-order valence-corrected chi connectivity index (χ4v) is 5.40. The van der Waals surface area contributed by atoms with E-state index in [0.717, 1.165) is 24.8 Å². The number of Topliss-reactive ketones (excluding diaryl/α,β-unsaturated/α-hetero) is 1. The van der Waals surface area contributed by atoms with Crippen LogP contribution in [0.4, 0.5) is 0 Å². The first-order valence-corrected chi connectivity index (χ1v) is 14.8. The number of nitrogens with zero attached hydrogens (tertiary/aromatic N) is 1. The number of benzene rings is 1. The molecule has 4 atom stereocenters. The molecule has 3 amide bonds. The molecular weight excluding hydrogens is 540 g/mol. The molecule has 0 saturated carbocycles. The SMILES string of the molecule is COc1ccc(C[C@H](NC(=O)[C@H](C)NC(=O)CN2CCOCC2)C(=O)N[C@@H](CC2=C(C)CCC2)C(=O)[C@]2(C)CO2)cc1. The summed E-state index contributed by atoms with van der Waals surface area (Å²) in [6, 6.07) is 4.61. The highest BCUT2D eigenvalue weighted by molar-refractivity contribution is 5.98. The van der Waals surface area contributed by atoms with Gasteiger partial charge in [0, 0.05) is 19.5 Å². The molecule has 11 heteroatoms. The monoisotopic (exact) mass is 584 g/mol. The number of hydrogen-bond acceptors (Lipinski definition) is 8.